The number of nitrogens with two attached hydrogens (primary N) is 1. The summed E-state index contributed by atoms with van der Waals surface area (Å²) in [6.45, 7) is 2.89. The molecule has 2 aromatic heterocycles. The zero-order chi connectivity index (χ0) is 21.0. The summed E-state index contributed by atoms with van der Waals surface area (Å²) in [5.74, 6) is 0.944. The van der Waals surface area contributed by atoms with E-state index in [1.165, 1.54) is 23.0 Å². The van der Waals surface area contributed by atoms with Crippen LogP contribution in [0.2, 0.25) is 0 Å². The molecule has 1 aromatic carbocycles. The van der Waals surface area contributed by atoms with Crippen LogP contribution >= 0.6 is 0 Å². The maximum Gasteiger partial charge on any atom is 0.258 e. The molecule has 0 unspecified atom stereocenters. The number of ether oxygens (including phenoxy) is 2. The van der Waals surface area contributed by atoms with E-state index in [0.717, 1.165) is 0 Å². The van der Waals surface area contributed by atoms with Crippen LogP contribution in [0, 0.1) is 17.1 Å². The van der Waals surface area contributed by atoms with Gasteiger partial charge < -0.3 is 20.1 Å². The molecule has 152 valence electrons. The Morgan fingerprint density at radius 3 is 2.87 bits per heavy atom. The normalized spacial score (nSPS) is 19.5. The van der Waals surface area contributed by atoms with Crippen LogP contribution in [0.1, 0.15) is 24.3 Å². The van der Waals surface area contributed by atoms with E-state index in [1.807, 2.05) is 4.90 Å². The summed E-state index contributed by atoms with van der Waals surface area (Å²) in [4.78, 5) is 10.7. The molecule has 0 spiro atoms. The van der Waals surface area contributed by atoms with Crippen molar-refractivity contribution in [2.75, 3.05) is 23.7 Å². The first kappa shape index (κ1) is 18.2. The van der Waals surface area contributed by atoms with Crippen molar-refractivity contribution in [3.63, 3.8) is 0 Å². The third kappa shape index (κ3) is 2.78. The largest absolute Gasteiger partial charge is 0.486 e. The van der Waals surface area contributed by atoms with Gasteiger partial charge in [0.05, 0.1) is 30.5 Å². The van der Waals surface area contributed by atoms with Crippen LogP contribution < -0.4 is 20.1 Å². The van der Waals surface area contributed by atoms with Crippen LogP contribution in [0.4, 0.5) is 16.0 Å². The second kappa shape index (κ2) is 6.59. The number of nitrogens with zero attached hydrogens (tertiary/aromatic N) is 6. The lowest BCUT2D eigenvalue weighted by atomic mass is 10.1. The van der Waals surface area contributed by atoms with E-state index in [4.69, 9.17) is 15.2 Å². The summed E-state index contributed by atoms with van der Waals surface area (Å²) >= 11 is 0. The SMILES string of the molecule is C[C@H]1Oc2nc(cnc2N)-c2c(nn(C)c2C#N)N2CC(C2)Oc2ccc(F)cc21. The number of anilines is 2. The number of hydrogen-bond donors (Lipinski definition) is 1. The molecule has 2 N–H and O–H groups in total. The summed E-state index contributed by atoms with van der Waals surface area (Å²) < 4.78 is 27.5. The number of fused-ring (bicyclic) bond motifs is 1. The van der Waals surface area contributed by atoms with Crippen LogP contribution in [0.25, 0.3) is 11.3 Å². The number of nitrogen functional groups attached to an aromatic ring is 1. The smallest absolute Gasteiger partial charge is 0.258 e. The molecule has 3 aliphatic heterocycles. The highest BCUT2D eigenvalue weighted by molar-refractivity contribution is 5.79. The van der Waals surface area contributed by atoms with Gasteiger partial charge >= 0.3 is 0 Å². The fraction of sp³-hybridized carbons (Fsp3) is 0.300. The van der Waals surface area contributed by atoms with E-state index in [0.29, 0.717) is 47.2 Å². The van der Waals surface area contributed by atoms with Crippen molar-refractivity contribution in [1.82, 2.24) is 19.7 Å². The highest BCUT2D eigenvalue weighted by Crippen LogP contribution is 2.39. The van der Waals surface area contributed by atoms with Crippen LogP contribution in [-0.4, -0.2) is 38.9 Å². The fourth-order valence-electron chi connectivity index (χ4n) is 3.72. The van der Waals surface area contributed by atoms with Crippen molar-refractivity contribution in [3.8, 4) is 29.0 Å². The van der Waals surface area contributed by atoms with E-state index in [1.54, 1.807) is 20.0 Å². The number of hydrogen-bond acceptors (Lipinski definition) is 8. The Hall–Kier alpha value is -3.87. The molecule has 1 atom stereocenters. The predicted molar refractivity (Wildman–Crippen MR) is 105 cm³/mol. The molecule has 10 heteroatoms. The molecule has 6 rings (SSSR count). The predicted octanol–water partition coefficient (Wildman–Crippen LogP) is 2.19. The van der Waals surface area contributed by atoms with Gasteiger partial charge in [-0.15, -0.1) is 0 Å². The lowest BCUT2D eigenvalue weighted by Gasteiger charge is -2.40. The Labute approximate surface area is 171 Å². The second-order valence-electron chi connectivity index (χ2n) is 7.32. The van der Waals surface area contributed by atoms with Crippen molar-refractivity contribution in [1.29, 1.82) is 5.26 Å². The third-order valence-electron chi connectivity index (χ3n) is 5.30. The molecular formula is C20H18FN7O2. The lowest BCUT2D eigenvalue weighted by molar-refractivity contribution is 0.155. The lowest BCUT2D eigenvalue weighted by Crippen LogP contribution is -2.54. The zero-order valence-corrected chi connectivity index (χ0v) is 16.3. The van der Waals surface area contributed by atoms with Crippen LogP contribution in [0.5, 0.6) is 11.6 Å². The number of rotatable bonds is 0. The molecule has 0 amide bonds. The Morgan fingerprint density at radius 1 is 1.30 bits per heavy atom. The quantitative estimate of drug-likeness (QED) is 0.603. The molecule has 1 saturated heterocycles. The molecule has 0 saturated carbocycles. The molecular weight excluding hydrogens is 389 g/mol. The molecule has 3 aromatic rings. The van der Waals surface area contributed by atoms with Crippen LogP contribution in [-0.2, 0) is 7.05 Å². The molecule has 9 nitrogen and oxygen atoms in total. The van der Waals surface area contributed by atoms with Crippen molar-refractivity contribution in [3.05, 3.63) is 41.5 Å². The summed E-state index contributed by atoms with van der Waals surface area (Å²) in [7, 11) is 1.71. The minimum absolute atomic E-state index is 0.0906. The van der Waals surface area contributed by atoms with E-state index in [2.05, 4.69) is 21.1 Å². The van der Waals surface area contributed by atoms with Gasteiger partial charge in [-0.25, -0.2) is 14.4 Å². The van der Waals surface area contributed by atoms with Gasteiger partial charge in [-0.3, -0.25) is 4.68 Å². The van der Waals surface area contributed by atoms with E-state index < -0.39 is 11.9 Å². The maximum absolute atomic E-state index is 13.9. The number of halogens is 1. The minimum atomic E-state index is -0.594. The van der Waals surface area contributed by atoms with E-state index in [9.17, 15) is 9.65 Å². The number of nitriles is 1. The highest BCUT2D eigenvalue weighted by Gasteiger charge is 2.35. The molecule has 4 bridgehead atoms. The number of aromatic nitrogens is 4. The van der Waals surface area contributed by atoms with Gasteiger partial charge in [-0.1, -0.05) is 0 Å². The summed E-state index contributed by atoms with van der Waals surface area (Å²) in [5, 5.41) is 14.2. The Balaban J connectivity index is 1.69. The summed E-state index contributed by atoms with van der Waals surface area (Å²) in [6, 6.07) is 6.51. The molecule has 5 heterocycles. The Bertz CT molecular complexity index is 1200. The van der Waals surface area contributed by atoms with Gasteiger partial charge in [-0.2, -0.15) is 10.4 Å². The second-order valence-corrected chi connectivity index (χ2v) is 7.32. The first-order valence-electron chi connectivity index (χ1n) is 9.42. The molecule has 0 radical (unpaired) electrons. The van der Waals surface area contributed by atoms with Gasteiger partial charge in [0.2, 0.25) is 0 Å². The Kier molecular flexibility index (Phi) is 3.99. The van der Waals surface area contributed by atoms with Gasteiger partial charge in [0, 0.05) is 12.6 Å². The first-order chi connectivity index (χ1) is 14.4. The van der Waals surface area contributed by atoms with Crippen LogP contribution in [0.3, 0.4) is 0 Å². The molecule has 3 aliphatic rings. The van der Waals surface area contributed by atoms with Gasteiger partial charge in [-0.05, 0) is 25.1 Å². The summed E-state index contributed by atoms with van der Waals surface area (Å²) in [5.41, 5.74) is 7.88. The monoisotopic (exact) mass is 407 g/mol. The van der Waals surface area contributed by atoms with Crippen LogP contribution in [0.15, 0.2) is 24.4 Å². The standard InChI is InChI=1S/C20H18FN7O2/c1-10-13-5-11(21)3-4-16(13)30-12-8-28(9-12)19-17(15(6-22)27(2)26-19)14-7-24-18(23)20(25-14)29-10/h3-5,7,10,12H,8-9H2,1-2H3,(H2,23,24)/t10-/m1/s1. The van der Waals surface area contributed by atoms with Crippen molar-refractivity contribution >= 4 is 11.6 Å². The van der Waals surface area contributed by atoms with Crippen molar-refractivity contribution in [2.45, 2.75) is 19.1 Å². The first-order valence-corrected chi connectivity index (χ1v) is 9.42. The third-order valence-corrected chi connectivity index (χ3v) is 5.30. The number of aryl methyl sites for hydroxylation is 1. The van der Waals surface area contributed by atoms with Crippen molar-refractivity contribution < 1.29 is 13.9 Å². The molecule has 1 fully saturated rings. The van der Waals surface area contributed by atoms with Gasteiger partial charge in [0.1, 0.15) is 35.5 Å². The topological polar surface area (TPSA) is 115 Å². The number of benzene rings is 1. The van der Waals surface area contributed by atoms with Gasteiger partial charge in [0.25, 0.3) is 5.88 Å². The maximum atomic E-state index is 13.9. The average molecular weight is 407 g/mol. The van der Waals surface area contributed by atoms with Crippen molar-refractivity contribution in [2.24, 2.45) is 7.05 Å². The summed E-state index contributed by atoms with van der Waals surface area (Å²) in [6.07, 6.45) is 0.792. The zero-order valence-electron chi connectivity index (χ0n) is 16.3. The highest BCUT2D eigenvalue weighted by atomic mass is 19.1. The Morgan fingerprint density at radius 2 is 2.10 bits per heavy atom. The molecule has 30 heavy (non-hydrogen) atoms. The average Bonchev–Trinajstić information content (AvgIpc) is 3.02. The molecule has 0 aliphatic carbocycles. The fourth-order valence-corrected chi connectivity index (χ4v) is 3.72. The minimum Gasteiger partial charge on any atom is -0.486 e. The van der Waals surface area contributed by atoms with Gasteiger partial charge in [0.15, 0.2) is 11.6 Å². The van der Waals surface area contributed by atoms with E-state index in [-0.39, 0.29) is 17.8 Å². The van der Waals surface area contributed by atoms with E-state index >= 15 is 0 Å².